The lowest BCUT2D eigenvalue weighted by atomic mass is 10.0. The van der Waals surface area contributed by atoms with Crippen LogP contribution >= 0.6 is 0 Å². The molecule has 31 heavy (non-hydrogen) atoms. The molecule has 2 aromatic heterocycles. The number of pyridine rings is 1. The van der Waals surface area contributed by atoms with Gasteiger partial charge in [0.2, 0.25) is 0 Å². The molecule has 0 spiro atoms. The van der Waals surface area contributed by atoms with E-state index in [2.05, 4.69) is 23.4 Å². The number of hydrogen-bond donors (Lipinski definition) is 1. The summed E-state index contributed by atoms with van der Waals surface area (Å²) in [4.78, 5) is 23.4. The van der Waals surface area contributed by atoms with Crippen LogP contribution in [0.25, 0.3) is 21.9 Å². The van der Waals surface area contributed by atoms with Crippen molar-refractivity contribution in [1.82, 2.24) is 19.4 Å². The lowest BCUT2D eigenvalue weighted by Gasteiger charge is -2.29. The molecule has 4 heterocycles. The topological polar surface area (TPSA) is 105 Å². The molecule has 1 fully saturated rings. The maximum absolute atomic E-state index is 12.4. The third-order valence-corrected chi connectivity index (χ3v) is 6.04. The molecule has 3 aromatic rings. The zero-order chi connectivity index (χ0) is 21.5. The van der Waals surface area contributed by atoms with Gasteiger partial charge in [0.25, 0.3) is 5.91 Å². The highest BCUT2D eigenvalue weighted by Gasteiger charge is 2.28. The van der Waals surface area contributed by atoms with Crippen molar-refractivity contribution in [2.75, 3.05) is 45.3 Å². The zero-order valence-corrected chi connectivity index (χ0v) is 17.8. The highest BCUT2D eigenvalue weighted by molar-refractivity contribution is 6.07. The van der Waals surface area contributed by atoms with E-state index in [1.165, 1.54) is 0 Å². The standard InChI is InChI=1S/C22H27N5O4/c1-13(2)17-10-30-11-18-25-20-21(27(17)18)15-4-3-14(9-16(15)24-22(20)23)31-12-19(28)26-5-7-29-8-6-26/h3-4,9,13,17H,5-8,10-12H2,1-2H3,(H2,23,24)/t17-/m1/s1. The number of rotatable bonds is 4. The smallest absolute Gasteiger partial charge is 0.260 e. The van der Waals surface area contributed by atoms with Gasteiger partial charge >= 0.3 is 0 Å². The fraction of sp³-hybridized carbons (Fsp3) is 0.500. The average Bonchev–Trinajstić information content (AvgIpc) is 3.18. The van der Waals surface area contributed by atoms with Crippen molar-refractivity contribution >= 4 is 33.7 Å². The summed E-state index contributed by atoms with van der Waals surface area (Å²) in [7, 11) is 0. The molecule has 9 nitrogen and oxygen atoms in total. The zero-order valence-electron chi connectivity index (χ0n) is 17.8. The van der Waals surface area contributed by atoms with Crippen molar-refractivity contribution in [2.45, 2.75) is 26.5 Å². The summed E-state index contributed by atoms with van der Waals surface area (Å²) >= 11 is 0. The highest BCUT2D eigenvalue weighted by atomic mass is 16.5. The predicted molar refractivity (Wildman–Crippen MR) is 116 cm³/mol. The summed E-state index contributed by atoms with van der Waals surface area (Å²) in [6, 6.07) is 5.86. The number of ether oxygens (including phenoxy) is 3. The summed E-state index contributed by atoms with van der Waals surface area (Å²) in [5, 5.41) is 0.961. The van der Waals surface area contributed by atoms with E-state index in [0.29, 0.717) is 62.5 Å². The second-order valence-electron chi connectivity index (χ2n) is 8.38. The Labute approximate surface area is 180 Å². The SMILES string of the molecule is CC(C)[C@H]1COCc2nc3c(N)nc4cc(OCC(=O)N5CCOCC5)ccc4c3n21. The molecule has 0 unspecified atom stereocenters. The monoisotopic (exact) mass is 425 g/mol. The van der Waals surface area contributed by atoms with Crippen LogP contribution in [0.15, 0.2) is 18.2 Å². The molecule has 2 N–H and O–H groups in total. The van der Waals surface area contributed by atoms with Gasteiger partial charge in [0.05, 0.1) is 36.9 Å². The van der Waals surface area contributed by atoms with E-state index in [-0.39, 0.29) is 18.6 Å². The number of anilines is 1. The molecule has 0 aliphatic carbocycles. The van der Waals surface area contributed by atoms with Crippen molar-refractivity contribution in [1.29, 1.82) is 0 Å². The van der Waals surface area contributed by atoms with E-state index in [4.69, 9.17) is 24.9 Å². The Kier molecular flexibility index (Phi) is 5.15. The number of carbonyl (C=O) groups is 1. The predicted octanol–water partition coefficient (Wildman–Crippen LogP) is 2.13. The number of aromatic nitrogens is 3. The lowest BCUT2D eigenvalue weighted by molar-refractivity contribution is -0.137. The van der Waals surface area contributed by atoms with Gasteiger partial charge < -0.3 is 29.4 Å². The molecule has 0 saturated carbocycles. The molecule has 1 atom stereocenters. The van der Waals surface area contributed by atoms with Gasteiger partial charge in [-0.15, -0.1) is 0 Å². The van der Waals surface area contributed by atoms with Gasteiger partial charge in [0.15, 0.2) is 12.4 Å². The third kappa shape index (κ3) is 3.57. The van der Waals surface area contributed by atoms with Crippen LogP contribution in [0.5, 0.6) is 5.75 Å². The number of morpholine rings is 1. The minimum Gasteiger partial charge on any atom is -0.484 e. The van der Waals surface area contributed by atoms with Crippen LogP contribution < -0.4 is 10.5 Å². The van der Waals surface area contributed by atoms with Gasteiger partial charge in [-0.05, 0) is 18.1 Å². The Hall–Kier alpha value is -2.91. The Morgan fingerprint density at radius 3 is 2.84 bits per heavy atom. The first-order valence-electron chi connectivity index (χ1n) is 10.7. The summed E-state index contributed by atoms with van der Waals surface area (Å²) in [6.07, 6.45) is 0. The van der Waals surface area contributed by atoms with E-state index in [9.17, 15) is 4.79 Å². The fourth-order valence-electron chi connectivity index (χ4n) is 4.34. The maximum atomic E-state index is 12.4. The van der Waals surface area contributed by atoms with E-state index < -0.39 is 0 Å². The molecule has 1 aromatic carbocycles. The highest BCUT2D eigenvalue weighted by Crippen LogP contribution is 2.36. The molecule has 1 amide bonds. The van der Waals surface area contributed by atoms with Crippen LogP contribution in [-0.4, -0.2) is 64.9 Å². The number of carbonyl (C=O) groups excluding carboxylic acids is 1. The van der Waals surface area contributed by atoms with Crippen molar-refractivity contribution in [3.05, 3.63) is 24.0 Å². The first-order chi connectivity index (χ1) is 15.0. The lowest BCUT2D eigenvalue weighted by Crippen LogP contribution is -2.42. The fourth-order valence-corrected chi connectivity index (χ4v) is 4.34. The van der Waals surface area contributed by atoms with Gasteiger partial charge in [-0.3, -0.25) is 4.79 Å². The number of nitrogen functional groups attached to an aromatic ring is 1. The minimum atomic E-state index is -0.0454. The Bertz CT molecular complexity index is 1140. The summed E-state index contributed by atoms with van der Waals surface area (Å²) < 4.78 is 19.1. The first-order valence-corrected chi connectivity index (χ1v) is 10.7. The quantitative estimate of drug-likeness (QED) is 0.683. The van der Waals surface area contributed by atoms with Crippen LogP contribution in [0.3, 0.4) is 0 Å². The van der Waals surface area contributed by atoms with Crippen molar-refractivity contribution in [2.24, 2.45) is 5.92 Å². The van der Waals surface area contributed by atoms with Gasteiger partial charge in [0, 0.05) is 24.5 Å². The number of amides is 1. The normalized spacial score (nSPS) is 19.2. The van der Waals surface area contributed by atoms with Crippen LogP contribution in [0.1, 0.15) is 25.7 Å². The Morgan fingerprint density at radius 1 is 1.26 bits per heavy atom. The van der Waals surface area contributed by atoms with Crippen LogP contribution in [0.2, 0.25) is 0 Å². The third-order valence-electron chi connectivity index (χ3n) is 6.04. The first kappa shape index (κ1) is 20.0. The largest absolute Gasteiger partial charge is 0.484 e. The molecule has 2 aliphatic heterocycles. The van der Waals surface area contributed by atoms with E-state index in [1.807, 2.05) is 18.2 Å². The van der Waals surface area contributed by atoms with Crippen molar-refractivity contribution in [3.8, 4) is 5.75 Å². The Morgan fingerprint density at radius 2 is 2.06 bits per heavy atom. The molecular weight excluding hydrogens is 398 g/mol. The molecule has 2 aliphatic rings. The summed E-state index contributed by atoms with van der Waals surface area (Å²) in [5.74, 6) is 2.18. The summed E-state index contributed by atoms with van der Waals surface area (Å²) in [5.41, 5.74) is 8.69. The van der Waals surface area contributed by atoms with Crippen LogP contribution in [0, 0.1) is 5.92 Å². The number of nitrogens with two attached hydrogens (primary N) is 1. The van der Waals surface area contributed by atoms with Gasteiger partial charge in [0.1, 0.15) is 23.7 Å². The summed E-state index contributed by atoms with van der Waals surface area (Å²) in [6.45, 7) is 7.79. The van der Waals surface area contributed by atoms with E-state index in [1.54, 1.807) is 4.90 Å². The van der Waals surface area contributed by atoms with Gasteiger partial charge in [-0.2, -0.15) is 0 Å². The van der Waals surface area contributed by atoms with Crippen molar-refractivity contribution in [3.63, 3.8) is 0 Å². The van der Waals surface area contributed by atoms with Gasteiger partial charge in [-0.1, -0.05) is 13.8 Å². The van der Waals surface area contributed by atoms with E-state index in [0.717, 1.165) is 22.2 Å². The second kappa shape index (κ2) is 7.97. The Balaban J connectivity index is 1.49. The van der Waals surface area contributed by atoms with Gasteiger partial charge in [-0.25, -0.2) is 9.97 Å². The number of imidazole rings is 1. The molecular formula is C22H27N5O4. The number of benzene rings is 1. The van der Waals surface area contributed by atoms with Crippen LogP contribution in [-0.2, 0) is 20.9 Å². The number of fused-ring (bicyclic) bond motifs is 5. The average molecular weight is 425 g/mol. The van der Waals surface area contributed by atoms with Crippen molar-refractivity contribution < 1.29 is 19.0 Å². The van der Waals surface area contributed by atoms with E-state index >= 15 is 0 Å². The molecule has 164 valence electrons. The molecule has 9 heteroatoms. The molecule has 1 saturated heterocycles. The number of hydrogen-bond acceptors (Lipinski definition) is 7. The second-order valence-corrected chi connectivity index (χ2v) is 8.38. The van der Waals surface area contributed by atoms with Crippen LogP contribution in [0.4, 0.5) is 5.82 Å². The minimum absolute atomic E-state index is 0.0158. The number of nitrogens with zero attached hydrogens (tertiary/aromatic N) is 4. The molecule has 5 rings (SSSR count). The molecule has 0 bridgehead atoms. The molecule has 0 radical (unpaired) electrons. The maximum Gasteiger partial charge on any atom is 0.260 e.